The van der Waals surface area contributed by atoms with E-state index >= 15 is 0 Å². The van der Waals surface area contributed by atoms with Gasteiger partial charge in [0, 0.05) is 19.1 Å². The van der Waals surface area contributed by atoms with Crippen molar-refractivity contribution >= 4 is 12.0 Å². The molecule has 0 fully saturated rings. The molecule has 0 radical (unpaired) electrons. The fraction of sp³-hybridized carbons (Fsp3) is 0.440. The first kappa shape index (κ1) is 26.3. The van der Waals surface area contributed by atoms with Gasteiger partial charge in [0.05, 0.1) is 13.2 Å². The first-order valence-electron chi connectivity index (χ1n) is 11.0. The van der Waals surface area contributed by atoms with E-state index in [2.05, 4.69) is 15.5 Å². The molecule has 2 aromatic rings. The number of aliphatic hydroxyl groups is 1. The van der Waals surface area contributed by atoms with Gasteiger partial charge in [0.15, 0.2) is 0 Å². The van der Waals surface area contributed by atoms with E-state index in [1.54, 1.807) is 5.01 Å². The summed E-state index contributed by atoms with van der Waals surface area (Å²) >= 11 is 0. The average molecular weight is 457 g/mol. The van der Waals surface area contributed by atoms with Crippen LogP contribution >= 0.6 is 0 Å². The molecule has 8 heteroatoms. The van der Waals surface area contributed by atoms with E-state index in [4.69, 9.17) is 5.73 Å². The van der Waals surface area contributed by atoms with Crippen molar-refractivity contribution in [3.05, 3.63) is 71.8 Å². The molecule has 5 N–H and O–H groups in total. The number of aliphatic hydroxyl groups excluding tert-OH is 1. The van der Waals surface area contributed by atoms with Gasteiger partial charge in [0.2, 0.25) is 0 Å². The molecule has 0 bridgehead atoms. The number of amides is 2. The number of nitrogens with two attached hydrogens (primary N) is 1. The Labute approximate surface area is 196 Å². The molecule has 0 spiro atoms. The number of hydrazine groups is 1. The molecule has 0 aliphatic heterocycles. The van der Waals surface area contributed by atoms with E-state index < -0.39 is 35.6 Å². The molecule has 8 nitrogen and oxygen atoms in total. The van der Waals surface area contributed by atoms with Crippen molar-refractivity contribution in [3.8, 4) is 0 Å². The second kappa shape index (κ2) is 12.3. The minimum atomic E-state index is -0.893. The number of benzene rings is 2. The van der Waals surface area contributed by atoms with Crippen LogP contribution < -0.4 is 16.5 Å². The van der Waals surface area contributed by atoms with E-state index in [-0.39, 0.29) is 6.54 Å². The zero-order valence-corrected chi connectivity index (χ0v) is 19.8. The fourth-order valence-electron chi connectivity index (χ4n) is 3.41. The summed E-state index contributed by atoms with van der Waals surface area (Å²) in [5.74, 6) is -0.410. The third-order valence-electron chi connectivity index (χ3n) is 5.28. The van der Waals surface area contributed by atoms with Gasteiger partial charge in [-0.25, -0.2) is 9.80 Å². The normalized spacial score (nSPS) is 14.3. The smallest absolute Gasteiger partial charge is 0.407 e. The number of methoxy groups -OCH3 is 1. The van der Waals surface area contributed by atoms with Gasteiger partial charge in [0.1, 0.15) is 6.04 Å². The fourth-order valence-corrected chi connectivity index (χ4v) is 3.41. The van der Waals surface area contributed by atoms with Crippen LogP contribution in [0.2, 0.25) is 0 Å². The molecule has 2 amide bonds. The molecule has 0 saturated carbocycles. The lowest BCUT2D eigenvalue weighted by Crippen LogP contribution is -2.58. The number of ether oxygens (including phenoxy) is 1. The number of nitrogens with zero attached hydrogens (tertiary/aromatic N) is 1. The highest BCUT2D eigenvalue weighted by atomic mass is 16.5. The van der Waals surface area contributed by atoms with Gasteiger partial charge in [-0.15, -0.1) is 0 Å². The Kier molecular flexibility index (Phi) is 9.84. The molecule has 180 valence electrons. The van der Waals surface area contributed by atoms with Crippen LogP contribution in [-0.4, -0.2) is 54.0 Å². The first-order valence-corrected chi connectivity index (χ1v) is 11.0. The Morgan fingerprint density at radius 2 is 1.58 bits per heavy atom. The topological polar surface area (TPSA) is 117 Å². The van der Waals surface area contributed by atoms with Gasteiger partial charge in [-0.05, 0) is 23.0 Å². The average Bonchev–Trinajstić information content (AvgIpc) is 2.77. The van der Waals surface area contributed by atoms with Crippen molar-refractivity contribution in [1.82, 2.24) is 15.8 Å². The minimum Gasteiger partial charge on any atom is -0.453 e. The lowest BCUT2D eigenvalue weighted by atomic mass is 9.86. The molecule has 0 heterocycles. The summed E-state index contributed by atoms with van der Waals surface area (Å²) in [5, 5.41) is 15.0. The molecule has 0 aromatic heterocycles. The predicted octanol–water partition coefficient (Wildman–Crippen LogP) is 2.22. The number of hydrogen-bond acceptors (Lipinski definition) is 6. The summed E-state index contributed by atoms with van der Waals surface area (Å²) in [6.45, 7) is 6.01. The number of carbonyl (C=O) groups excluding carboxylic acids is 2. The third kappa shape index (κ3) is 8.84. The SMILES string of the molecule is COC(=O)N[C@H](C(=O)NN(Cc1ccccc1)C[C@H](O)[C@@H](N)Cc1ccccc1)C(C)(C)C. The van der Waals surface area contributed by atoms with Crippen molar-refractivity contribution in [1.29, 1.82) is 0 Å². The summed E-state index contributed by atoms with van der Waals surface area (Å²) in [4.78, 5) is 25.0. The standard InChI is InChI=1S/C25H36N4O4/c1-25(2,3)22(27-24(32)33-4)23(31)28-29(16-19-13-9-6-10-14-19)17-21(30)20(26)15-18-11-7-5-8-12-18/h5-14,20-22,30H,15-17,26H2,1-4H3,(H,27,32)(H,28,31)/t20-,21-,22+/m0/s1. The number of alkyl carbamates (subject to hydrolysis) is 1. The van der Waals surface area contributed by atoms with Crippen LogP contribution in [0.4, 0.5) is 4.79 Å². The van der Waals surface area contributed by atoms with E-state index in [0.717, 1.165) is 11.1 Å². The lowest BCUT2D eigenvalue weighted by molar-refractivity contribution is -0.131. The maximum Gasteiger partial charge on any atom is 0.407 e. The minimum absolute atomic E-state index is 0.115. The van der Waals surface area contributed by atoms with Gasteiger partial charge in [0.25, 0.3) is 5.91 Å². The van der Waals surface area contributed by atoms with Gasteiger partial charge < -0.3 is 20.9 Å². The summed E-state index contributed by atoms with van der Waals surface area (Å²) in [6.07, 6.45) is -1.08. The van der Waals surface area contributed by atoms with Crippen LogP contribution in [0.25, 0.3) is 0 Å². The van der Waals surface area contributed by atoms with Crippen molar-refractivity contribution in [2.75, 3.05) is 13.7 Å². The maximum absolute atomic E-state index is 13.1. The third-order valence-corrected chi connectivity index (χ3v) is 5.28. The van der Waals surface area contributed by atoms with Crippen molar-refractivity contribution in [3.63, 3.8) is 0 Å². The molecule has 33 heavy (non-hydrogen) atoms. The predicted molar refractivity (Wildman–Crippen MR) is 128 cm³/mol. The molecular weight excluding hydrogens is 420 g/mol. The summed E-state index contributed by atoms with van der Waals surface area (Å²) in [6, 6.07) is 17.9. The number of nitrogens with one attached hydrogen (secondary N) is 2. The quantitative estimate of drug-likeness (QED) is 0.407. The maximum atomic E-state index is 13.1. The Bertz CT molecular complexity index is 871. The first-order chi connectivity index (χ1) is 15.6. The Hall–Kier alpha value is -2.94. The Balaban J connectivity index is 2.15. The molecule has 3 atom stereocenters. The Morgan fingerprint density at radius 3 is 2.09 bits per heavy atom. The zero-order chi connectivity index (χ0) is 24.4. The van der Waals surface area contributed by atoms with Crippen LogP contribution in [0.3, 0.4) is 0 Å². The van der Waals surface area contributed by atoms with Gasteiger partial charge >= 0.3 is 6.09 Å². The zero-order valence-electron chi connectivity index (χ0n) is 19.8. The van der Waals surface area contributed by atoms with Gasteiger partial charge in [-0.3, -0.25) is 10.2 Å². The second-order valence-corrected chi connectivity index (χ2v) is 9.20. The van der Waals surface area contributed by atoms with Crippen molar-refractivity contribution < 1.29 is 19.4 Å². The molecule has 0 saturated heterocycles. The second-order valence-electron chi connectivity index (χ2n) is 9.20. The molecule has 0 aliphatic rings. The largest absolute Gasteiger partial charge is 0.453 e. The van der Waals surface area contributed by atoms with Crippen LogP contribution in [0.5, 0.6) is 0 Å². The number of rotatable bonds is 10. The van der Waals surface area contributed by atoms with Crippen LogP contribution in [0, 0.1) is 5.41 Å². The van der Waals surface area contributed by atoms with E-state index in [1.165, 1.54) is 7.11 Å². The Morgan fingerprint density at radius 1 is 1.03 bits per heavy atom. The highest BCUT2D eigenvalue weighted by Gasteiger charge is 2.34. The monoisotopic (exact) mass is 456 g/mol. The van der Waals surface area contributed by atoms with Gasteiger partial charge in [-0.2, -0.15) is 0 Å². The van der Waals surface area contributed by atoms with Crippen LogP contribution in [0.15, 0.2) is 60.7 Å². The van der Waals surface area contributed by atoms with E-state index in [1.807, 2.05) is 81.4 Å². The molecular formula is C25H36N4O4. The lowest BCUT2D eigenvalue weighted by Gasteiger charge is -2.34. The van der Waals surface area contributed by atoms with Crippen LogP contribution in [-0.2, 0) is 22.5 Å². The summed E-state index contributed by atoms with van der Waals surface area (Å²) < 4.78 is 4.68. The van der Waals surface area contributed by atoms with Crippen molar-refractivity contribution in [2.24, 2.45) is 11.1 Å². The van der Waals surface area contributed by atoms with Gasteiger partial charge in [-0.1, -0.05) is 81.4 Å². The highest BCUT2D eigenvalue weighted by Crippen LogP contribution is 2.20. The highest BCUT2D eigenvalue weighted by molar-refractivity contribution is 5.86. The number of carbonyl (C=O) groups is 2. The molecule has 2 rings (SSSR count). The van der Waals surface area contributed by atoms with E-state index in [9.17, 15) is 14.7 Å². The molecule has 0 unspecified atom stereocenters. The summed E-state index contributed by atoms with van der Waals surface area (Å²) in [5.41, 5.74) is 10.5. The van der Waals surface area contributed by atoms with Crippen molar-refractivity contribution in [2.45, 2.75) is 51.9 Å². The van der Waals surface area contributed by atoms with E-state index in [0.29, 0.717) is 13.0 Å². The molecule has 0 aliphatic carbocycles. The summed E-state index contributed by atoms with van der Waals surface area (Å²) in [7, 11) is 1.25. The van der Waals surface area contributed by atoms with Crippen LogP contribution in [0.1, 0.15) is 31.9 Å². The number of hydrogen-bond donors (Lipinski definition) is 4. The molecule has 2 aromatic carbocycles.